The lowest BCUT2D eigenvalue weighted by molar-refractivity contribution is -0.141. The van der Waals surface area contributed by atoms with Gasteiger partial charge in [-0.2, -0.15) is 0 Å². The number of hydrogen-bond acceptors (Lipinski definition) is 4. The minimum absolute atomic E-state index is 0.120. The molecule has 0 aliphatic carbocycles. The third-order valence-electron chi connectivity index (χ3n) is 3.99. The maximum absolute atomic E-state index is 11.9. The van der Waals surface area contributed by atoms with Crippen molar-refractivity contribution in [1.29, 1.82) is 0 Å². The Bertz CT molecular complexity index is 822. The molecule has 0 N–H and O–H groups in total. The molecule has 1 heterocycles. The maximum Gasteiger partial charge on any atom is 0.325 e. The smallest absolute Gasteiger partial charge is 0.325 e. The van der Waals surface area contributed by atoms with E-state index in [9.17, 15) is 4.79 Å². The molecule has 1 unspecified atom stereocenters. The Morgan fingerprint density at radius 2 is 2.12 bits per heavy atom. The molecule has 0 saturated heterocycles. The third-order valence-corrected chi connectivity index (χ3v) is 4.71. The van der Waals surface area contributed by atoms with Crippen LogP contribution in [0.3, 0.4) is 0 Å². The van der Waals surface area contributed by atoms with Crippen molar-refractivity contribution in [3.8, 4) is 0 Å². The van der Waals surface area contributed by atoms with E-state index in [0.29, 0.717) is 5.02 Å². The first-order valence-electron chi connectivity index (χ1n) is 7.43. The molecular weight excluding hydrogens is 392 g/mol. The van der Waals surface area contributed by atoms with E-state index in [0.717, 1.165) is 27.1 Å². The molecule has 24 heavy (non-hydrogen) atoms. The summed E-state index contributed by atoms with van der Waals surface area (Å²) in [4.78, 5) is 18.5. The fraction of sp³-hybridized carbons (Fsp3) is 0.222. The SMILES string of the molecule is COC(=O)CN1C(C)=Nc2ccc(Br)cc2C1c1cccc(Cl)c1. The molecule has 4 nitrogen and oxygen atoms in total. The van der Waals surface area contributed by atoms with Gasteiger partial charge in [-0.25, -0.2) is 4.99 Å². The molecular formula is C18H16BrClN2O2. The minimum atomic E-state index is -0.310. The van der Waals surface area contributed by atoms with Gasteiger partial charge in [0.15, 0.2) is 0 Å². The van der Waals surface area contributed by atoms with Crippen molar-refractivity contribution in [1.82, 2.24) is 4.90 Å². The number of benzene rings is 2. The standard InChI is InChI=1S/C18H16BrClN2O2/c1-11-21-16-7-6-13(19)9-15(16)18(22(11)10-17(23)24-2)12-4-3-5-14(20)8-12/h3-9,18H,10H2,1-2H3. The quantitative estimate of drug-likeness (QED) is 0.691. The lowest BCUT2D eigenvalue weighted by atomic mass is 9.94. The van der Waals surface area contributed by atoms with E-state index in [4.69, 9.17) is 16.3 Å². The zero-order valence-corrected chi connectivity index (χ0v) is 15.6. The molecule has 1 aliphatic rings. The van der Waals surface area contributed by atoms with Crippen molar-refractivity contribution in [2.75, 3.05) is 13.7 Å². The van der Waals surface area contributed by atoms with E-state index in [1.807, 2.05) is 54.3 Å². The van der Waals surface area contributed by atoms with E-state index in [1.54, 1.807) is 0 Å². The monoisotopic (exact) mass is 406 g/mol. The number of fused-ring (bicyclic) bond motifs is 1. The van der Waals surface area contributed by atoms with Gasteiger partial charge in [-0.15, -0.1) is 0 Å². The van der Waals surface area contributed by atoms with Crippen LogP contribution in [-0.2, 0) is 9.53 Å². The molecule has 0 radical (unpaired) electrons. The van der Waals surface area contributed by atoms with Crippen LogP contribution in [-0.4, -0.2) is 30.4 Å². The van der Waals surface area contributed by atoms with E-state index < -0.39 is 0 Å². The highest BCUT2D eigenvalue weighted by molar-refractivity contribution is 9.10. The zero-order chi connectivity index (χ0) is 17.3. The molecule has 2 aromatic rings. The molecule has 1 atom stereocenters. The molecule has 0 fully saturated rings. The highest BCUT2D eigenvalue weighted by atomic mass is 79.9. The summed E-state index contributed by atoms with van der Waals surface area (Å²) < 4.78 is 5.81. The average molecular weight is 408 g/mol. The van der Waals surface area contributed by atoms with Crippen LogP contribution in [0.4, 0.5) is 5.69 Å². The Balaban J connectivity index is 2.16. The predicted octanol–water partition coefficient (Wildman–Crippen LogP) is 4.73. The van der Waals surface area contributed by atoms with Gasteiger partial charge in [0, 0.05) is 15.1 Å². The van der Waals surface area contributed by atoms with Gasteiger partial charge in [0.05, 0.1) is 18.8 Å². The van der Waals surface area contributed by atoms with Crippen LogP contribution in [0.15, 0.2) is 51.9 Å². The first-order valence-corrected chi connectivity index (χ1v) is 8.60. The fourth-order valence-corrected chi connectivity index (χ4v) is 3.46. The minimum Gasteiger partial charge on any atom is -0.468 e. The summed E-state index contributed by atoms with van der Waals surface area (Å²) >= 11 is 9.71. The second-order valence-corrected chi connectivity index (χ2v) is 6.88. The van der Waals surface area contributed by atoms with E-state index >= 15 is 0 Å². The topological polar surface area (TPSA) is 41.9 Å². The summed E-state index contributed by atoms with van der Waals surface area (Å²) in [6, 6.07) is 13.5. The second kappa shape index (κ2) is 6.95. The molecule has 0 saturated carbocycles. The number of methoxy groups -OCH3 is 1. The van der Waals surface area contributed by atoms with Crippen molar-refractivity contribution < 1.29 is 9.53 Å². The summed E-state index contributed by atoms with van der Waals surface area (Å²) in [6.45, 7) is 2.01. The van der Waals surface area contributed by atoms with Crippen molar-refractivity contribution in [3.05, 3.63) is 63.1 Å². The Labute approximate surface area is 154 Å². The van der Waals surface area contributed by atoms with Gasteiger partial charge in [-0.3, -0.25) is 4.79 Å². The van der Waals surface area contributed by atoms with Gasteiger partial charge >= 0.3 is 5.97 Å². The number of esters is 1. The number of halogens is 2. The van der Waals surface area contributed by atoms with Crippen molar-refractivity contribution >= 4 is 45.0 Å². The summed E-state index contributed by atoms with van der Waals surface area (Å²) in [5.41, 5.74) is 2.91. The van der Waals surface area contributed by atoms with Gasteiger partial charge in [-0.05, 0) is 42.8 Å². The first-order chi connectivity index (χ1) is 11.5. The van der Waals surface area contributed by atoms with Gasteiger partial charge in [-0.1, -0.05) is 39.7 Å². The zero-order valence-electron chi connectivity index (χ0n) is 13.3. The number of ether oxygens (including phenoxy) is 1. The van der Waals surface area contributed by atoms with Crippen molar-refractivity contribution in [2.45, 2.75) is 13.0 Å². The number of carbonyl (C=O) groups excluding carboxylic acids is 1. The molecule has 0 aromatic heterocycles. The van der Waals surface area contributed by atoms with Crippen LogP contribution in [0.5, 0.6) is 0 Å². The average Bonchev–Trinajstić information content (AvgIpc) is 2.55. The van der Waals surface area contributed by atoms with Crippen LogP contribution >= 0.6 is 27.5 Å². The number of rotatable bonds is 3. The van der Waals surface area contributed by atoms with Gasteiger partial charge in [0.1, 0.15) is 12.4 Å². The molecule has 6 heteroatoms. The van der Waals surface area contributed by atoms with Gasteiger partial charge in [0.2, 0.25) is 0 Å². The number of hydrogen-bond donors (Lipinski definition) is 0. The van der Waals surface area contributed by atoms with Crippen LogP contribution in [0.1, 0.15) is 24.1 Å². The summed E-state index contributed by atoms with van der Waals surface area (Å²) in [7, 11) is 1.39. The van der Waals surface area contributed by atoms with Crippen LogP contribution < -0.4 is 0 Å². The molecule has 1 aliphatic heterocycles. The molecule has 0 bridgehead atoms. The van der Waals surface area contributed by atoms with Crippen LogP contribution in [0.2, 0.25) is 5.02 Å². The Morgan fingerprint density at radius 1 is 1.33 bits per heavy atom. The summed E-state index contributed by atoms with van der Waals surface area (Å²) in [6.07, 6.45) is 0. The van der Waals surface area contributed by atoms with Crippen LogP contribution in [0, 0.1) is 0 Å². The van der Waals surface area contributed by atoms with Crippen molar-refractivity contribution in [3.63, 3.8) is 0 Å². The first kappa shape index (κ1) is 17.0. The maximum atomic E-state index is 11.9. The third kappa shape index (κ3) is 3.32. The number of carbonyl (C=O) groups is 1. The second-order valence-electron chi connectivity index (χ2n) is 5.52. The highest BCUT2D eigenvalue weighted by Gasteiger charge is 2.31. The van der Waals surface area contributed by atoms with E-state index in [-0.39, 0.29) is 18.6 Å². The van der Waals surface area contributed by atoms with E-state index in [2.05, 4.69) is 20.9 Å². The number of nitrogens with zero attached hydrogens (tertiary/aromatic N) is 2. The molecule has 124 valence electrons. The lowest BCUT2D eigenvalue weighted by Crippen LogP contribution is -2.40. The van der Waals surface area contributed by atoms with Crippen LogP contribution in [0.25, 0.3) is 0 Å². The van der Waals surface area contributed by atoms with E-state index in [1.165, 1.54) is 7.11 Å². The Morgan fingerprint density at radius 3 is 2.83 bits per heavy atom. The van der Waals surface area contributed by atoms with Crippen molar-refractivity contribution in [2.24, 2.45) is 4.99 Å². The molecule has 0 amide bonds. The molecule has 3 rings (SSSR count). The molecule has 2 aromatic carbocycles. The predicted molar refractivity (Wildman–Crippen MR) is 98.9 cm³/mol. The molecule has 0 spiro atoms. The lowest BCUT2D eigenvalue weighted by Gasteiger charge is -2.37. The van der Waals surface area contributed by atoms with Gasteiger partial charge in [0.25, 0.3) is 0 Å². The highest BCUT2D eigenvalue weighted by Crippen LogP contribution is 2.40. The summed E-state index contributed by atoms with van der Waals surface area (Å²) in [5.74, 6) is 0.454. The number of amidine groups is 1. The number of aliphatic imine (C=N–C) groups is 1. The van der Waals surface area contributed by atoms with Gasteiger partial charge < -0.3 is 9.64 Å². The normalized spacial score (nSPS) is 16.4. The fourth-order valence-electron chi connectivity index (χ4n) is 2.88. The largest absolute Gasteiger partial charge is 0.468 e. The Kier molecular flexibility index (Phi) is 4.92. The summed E-state index contributed by atoms with van der Waals surface area (Å²) in [5, 5.41) is 0.655. The Hall–Kier alpha value is -1.85.